The number of furan rings is 1. The minimum Gasteiger partial charge on any atom is -0.447 e. The van der Waals surface area contributed by atoms with Crippen molar-refractivity contribution in [1.29, 1.82) is 0 Å². The predicted molar refractivity (Wildman–Crippen MR) is 54.1 cm³/mol. The molecule has 0 aliphatic rings. The van der Waals surface area contributed by atoms with Crippen molar-refractivity contribution >= 4 is 34.2 Å². The van der Waals surface area contributed by atoms with Crippen LogP contribution < -0.4 is 11.5 Å². The van der Waals surface area contributed by atoms with Gasteiger partial charge < -0.3 is 15.9 Å². The number of carbonyl (C=O) groups is 1. The van der Waals surface area contributed by atoms with Gasteiger partial charge in [0.15, 0.2) is 5.58 Å². The molecule has 0 atom stereocenters. The highest BCUT2D eigenvalue weighted by atomic mass is 35.5. The number of primary amides is 1. The average Bonchev–Trinajstić information content (AvgIpc) is 2.44. The van der Waals surface area contributed by atoms with E-state index in [1.807, 2.05) is 0 Å². The molecule has 0 bridgehead atoms. The summed E-state index contributed by atoms with van der Waals surface area (Å²) in [5.41, 5.74) is 10.7. The van der Waals surface area contributed by atoms with E-state index in [4.69, 9.17) is 27.5 Å². The van der Waals surface area contributed by atoms with Gasteiger partial charge in [0.05, 0.1) is 10.7 Å². The fourth-order valence-corrected chi connectivity index (χ4v) is 1.57. The molecule has 0 radical (unpaired) electrons. The summed E-state index contributed by atoms with van der Waals surface area (Å²) >= 11 is 5.71. The van der Waals surface area contributed by atoms with Gasteiger partial charge in [0, 0.05) is 5.39 Å². The molecule has 0 saturated carbocycles. The highest BCUT2D eigenvalue weighted by molar-refractivity contribution is 6.35. The number of hydrogen-bond donors (Lipinski definition) is 2. The number of hydrogen-bond acceptors (Lipinski definition) is 3. The van der Waals surface area contributed by atoms with Gasteiger partial charge in [-0.1, -0.05) is 11.6 Å². The third-order valence-corrected chi connectivity index (χ3v) is 2.25. The lowest BCUT2D eigenvalue weighted by Crippen LogP contribution is -2.11. The summed E-state index contributed by atoms with van der Waals surface area (Å²) in [6, 6.07) is 2.20. The Morgan fingerprint density at radius 1 is 1.47 bits per heavy atom. The molecule has 1 heterocycles. The Labute approximate surface area is 88.6 Å². The zero-order valence-corrected chi connectivity index (χ0v) is 8.14. The Kier molecular flexibility index (Phi) is 2.04. The maximum Gasteiger partial charge on any atom is 0.286 e. The standard InChI is InChI=1S/C9H6ClFN2O2/c10-5-2-3(11)1-4-6(12)8(9(13)14)15-7(4)5/h1-2H,12H2,(H2,13,14). The van der Waals surface area contributed by atoms with Crippen molar-refractivity contribution < 1.29 is 13.6 Å². The van der Waals surface area contributed by atoms with Crippen molar-refractivity contribution in [2.45, 2.75) is 0 Å². The molecular formula is C9H6ClFN2O2. The Balaban J connectivity index is 2.88. The second-order valence-electron chi connectivity index (χ2n) is 2.97. The monoisotopic (exact) mass is 228 g/mol. The number of anilines is 1. The molecule has 1 aromatic heterocycles. The maximum atomic E-state index is 13.0. The van der Waals surface area contributed by atoms with Crippen LogP contribution in [0.15, 0.2) is 16.5 Å². The first kappa shape index (κ1) is 9.79. The smallest absolute Gasteiger partial charge is 0.286 e. The molecule has 4 N–H and O–H groups in total. The number of carbonyl (C=O) groups excluding carboxylic acids is 1. The largest absolute Gasteiger partial charge is 0.447 e. The molecule has 0 aliphatic carbocycles. The van der Waals surface area contributed by atoms with Crippen molar-refractivity contribution in [3.8, 4) is 0 Å². The topological polar surface area (TPSA) is 82.2 Å². The molecule has 78 valence electrons. The first-order chi connectivity index (χ1) is 7.00. The summed E-state index contributed by atoms with van der Waals surface area (Å²) in [6.45, 7) is 0. The molecule has 0 aliphatic heterocycles. The Hall–Kier alpha value is -1.75. The first-order valence-corrected chi connectivity index (χ1v) is 4.35. The summed E-state index contributed by atoms with van der Waals surface area (Å²) in [4.78, 5) is 10.9. The van der Waals surface area contributed by atoms with Crippen LogP contribution in [0, 0.1) is 5.82 Å². The Morgan fingerprint density at radius 2 is 2.13 bits per heavy atom. The van der Waals surface area contributed by atoms with Gasteiger partial charge in [0.1, 0.15) is 5.82 Å². The van der Waals surface area contributed by atoms with Crippen molar-refractivity contribution in [1.82, 2.24) is 0 Å². The summed E-state index contributed by atoms with van der Waals surface area (Å²) in [6.07, 6.45) is 0. The van der Waals surface area contributed by atoms with Crippen LogP contribution in [0.25, 0.3) is 11.0 Å². The van der Waals surface area contributed by atoms with Gasteiger partial charge in [-0.25, -0.2) is 4.39 Å². The zero-order chi connectivity index (χ0) is 11.2. The second kappa shape index (κ2) is 3.13. The molecule has 0 fully saturated rings. The lowest BCUT2D eigenvalue weighted by molar-refractivity contribution is 0.0977. The number of benzene rings is 1. The summed E-state index contributed by atoms with van der Waals surface area (Å²) in [5.74, 6) is -1.59. The van der Waals surface area contributed by atoms with Crippen LogP contribution in [0.3, 0.4) is 0 Å². The van der Waals surface area contributed by atoms with E-state index in [1.54, 1.807) is 0 Å². The van der Waals surface area contributed by atoms with Crippen LogP contribution in [0.2, 0.25) is 5.02 Å². The minimum atomic E-state index is -0.819. The van der Waals surface area contributed by atoms with Gasteiger partial charge in [0.2, 0.25) is 5.76 Å². The molecule has 15 heavy (non-hydrogen) atoms. The Bertz CT molecular complexity index is 565. The van der Waals surface area contributed by atoms with E-state index in [2.05, 4.69) is 0 Å². The van der Waals surface area contributed by atoms with Crippen LogP contribution in [0.5, 0.6) is 0 Å². The number of nitrogen functional groups attached to an aromatic ring is 1. The van der Waals surface area contributed by atoms with Gasteiger partial charge >= 0.3 is 0 Å². The first-order valence-electron chi connectivity index (χ1n) is 3.97. The molecular weight excluding hydrogens is 223 g/mol. The summed E-state index contributed by atoms with van der Waals surface area (Å²) < 4.78 is 18.0. The third-order valence-electron chi connectivity index (χ3n) is 1.97. The van der Waals surface area contributed by atoms with Crippen LogP contribution in [0.1, 0.15) is 10.6 Å². The molecule has 4 nitrogen and oxygen atoms in total. The van der Waals surface area contributed by atoms with Gasteiger partial charge in [-0.05, 0) is 12.1 Å². The quantitative estimate of drug-likeness (QED) is 0.782. The molecule has 6 heteroatoms. The van der Waals surface area contributed by atoms with E-state index in [9.17, 15) is 9.18 Å². The molecule has 2 aromatic rings. The van der Waals surface area contributed by atoms with Crippen molar-refractivity contribution in [3.05, 3.63) is 28.7 Å². The number of halogens is 2. The molecule has 0 unspecified atom stereocenters. The van der Waals surface area contributed by atoms with Crippen LogP contribution in [-0.4, -0.2) is 5.91 Å². The van der Waals surface area contributed by atoms with Gasteiger partial charge in [-0.15, -0.1) is 0 Å². The summed E-state index contributed by atoms with van der Waals surface area (Å²) in [5, 5.41) is 0.290. The van der Waals surface area contributed by atoms with Crippen LogP contribution >= 0.6 is 11.6 Å². The highest BCUT2D eigenvalue weighted by Gasteiger charge is 2.18. The van der Waals surface area contributed by atoms with Crippen LogP contribution in [-0.2, 0) is 0 Å². The van der Waals surface area contributed by atoms with E-state index < -0.39 is 11.7 Å². The van der Waals surface area contributed by atoms with E-state index in [-0.39, 0.29) is 27.4 Å². The number of amides is 1. The number of fused-ring (bicyclic) bond motifs is 1. The second-order valence-corrected chi connectivity index (χ2v) is 3.38. The normalized spacial score (nSPS) is 10.8. The van der Waals surface area contributed by atoms with Gasteiger partial charge in [0.25, 0.3) is 5.91 Å². The maximum absolute atomic E-state index is 13.0. The third kappa shape index (κ3) is 1.41. The summed E-state index contributed by atoms with van der Waals surface area (Å²) in [7, 11) is 0. The van der Waals surface area contributed by atoms with Gasteiger partial charge in [-0.3, -0.25) is 4.79 Å². The zero-order valence-electron chi connectivity index (χ0n) is 7.38. The average molecular weight is 229 g/mol. The number of rotatable bonds is 1. The van der Waals surface area contributed by atoms with Crippen LogP contribution in [0.4, 0.5) is 10.1 Å². The van der Waals surface area contributed by atoms with Crippen molar-refractivity contribution in [2.24, 2.45) is 5.73 Å². The fourth-order valence-electron chi connectivity index (χ4n) is 1.33. The SMILES string of the molecule is NC(=O)c1oc2c(Cl)cc(F)cc2c1N. The lowest BCUT2D eigenvalue weighted by Gasteiger charge is -1.93. The molecule has 0 saturated heterocycles. The minimum absolute atomic E-state index is 0.00102. The molecule has 0 spiro atoms. The van der Waals surface area contributed by atoms with E-state index in [0.717, 1.165) is 12.1 Å². The lowest BCUT2D eigenvalue weighted by atomic mass is 10.2. The highest BCUT2D eigenvalue weighted by Crippen LogP contribution is 2.33. The molecule has 1 aromatic carbocycles. The Morgan fingerprint density at radius 3 is 2.73 bits per heavy atom. The van der Waals surface area contributed by atoms with E-state index in [1.165, 1.54) is 0 Å². The van der Waals surface area contributed by atoms with Crippen molar-refractivity contribution in [3.63, 3.8) is 0 Å². The molecule has 1 amide bonds. The van der Waals surface area contributed by atoms with E-state index >= 15 is 0 Å². The van der Waals surface area contributed by atoms with Crippen molar-refractivity contribution in [2.75, 3.05) is 5.73 Å². The fraction of sp³-hybridized carbons (Fsp3) is 0. The molecule has 2 rings (SSSR count). The number of nitrogens with two attached hydrogens (primary N) is 2. The van der Waals surface area contributed by atoms with Gasteiger partial charge in [-0.2, -0.15) is 0 Å². The predicted octanol–water partition coefficient (Wildman–Crippen LogP) is 1.91. The van der Waals surface area contributed by atoms with E-state index in [0.29, 0.717) is 0 Å².